The predicted octanol–water partition coefficient (Wildman–Crippen LogP) is 2.46. The van der Waals surface area contributed by atoms with E-state index >= 15 is 0 Å². The van der Waals surface area contributed by atoms with Crippen LogP contribution in [0.4, 0.5) is 0 Å². The molecule has 1 spiro atoms. The third-order valence-electron chi connectivity index (χ3n) is 5.65. The summed E-state index contributed by atoms with van der Waals surface area (Å²) < 4.78 is 22.7. The highest BCUT2D eigenvalue weighted by atomic mass is 32.2. The Hall–Kier alpha value is -1.60. The van der Waals surface area contributed by atoms with Gasteiger partial charge in [-0.1, -0.05) is 31.4 Å². The maximum Gasteiger partial charge on any atom is 0.238 e. The molecule has 1 heterocycles. The number of hydrogen-bond donors (Lipinski definition) is 2. The minimum Gasteiger partial charge on any atom is -0.357 e. The van der Waals surface area contributed by atoms with Crippen molar-refractivity contribution in [1.29, 1.82) is 0 Å². The van der Waals surface area contributed by atoms with E-state index in [-0.39, 0.29) is 4.90 Å². The van der Waals surface area contributed by atoms with Gasteiger partial charge in [0.05, 0.1) is 11.4 Å². The van der Waals surface area contributed by atoms with Crippen LogP contribution in [0.1, 0.15) is 51.0 Å². The van der Waals surface area contributed by atoms with Crippen LogP contribution in [-0.2, 0) is 16.6 Å². The summed E-state index contributed by atoms with van der Waals surface area (Å²) in [6.45, 7) is 5.62. The summed E-state index contributed by atoms with van der Waals surface area (Å²) in [5.41, 5.74) is 1.46. The first-order valence-electron chi connectivity index (χ1n) is 9.57. The summed E-state index contributed by atoms with van der Waals surface area (Å²) in [6, 6.07) is 6.64. The van der Waals surface area contributed by atoms with Crippen molar-refractivity contribution in [2.75, 3.05) is 19.6 Å². The summed E-state index contributed by atoms with van der Waals surface area (Å²) >= 11 is 0. The third kappa shape index (κ3) is 4.57. The number of benzene rings is 1. The topological polar surface area (TPSA) is 87.8 Å². The summed E-state index contributed by atoms with van der Waals surface area (Å²) in [7, 11) is -3.64. The first kappa shape index (κ1) is 19.2. The number of guanidine groups is 1. The molecule has 1 aliphatic carbocycles. The van der Waals surface area contributed by atoms with Gasteiger partial charge >= 0.3 is 0 Å². The van der Waals surface area contributed by atoms with Gasteiger partial charge < -0.3 is 10.2 Å². The minimum atomic E-state index is -3.64. The number of aliphatic imine (C=N–C) groups is 1. The molecule has 1 aliphatic heterocycles. The molecule has 0 radical (unpaired) electrons. The molecule has 6 nitrogen and oxygen atoms in total. The van der Waals surface area contributed by atoms with E-state index < -0.39 is 10.0 Å². The van der Waals surface area contributed by atoms with Crippen molar-refractivity contribution >= 4 is 16.0 Å². The first-order chi connectivity index (χ1) is 12.4. The smallest absolute Gasteiger partial charge is 0.238 e. The van der Waals surface area contributed by atoms with Gasteiger partial charge in [0.15, 0.2) is 5.96 Å². The van der Waals surface area contributed by atoms with Crippen molar-refractivity contribution in [3.63, 3.8) is 0 Å². The summed E-state index contributed by atoms with van der Waals surface area (Å²) in [6.07, 6.45) is 8.05. The molecule has 2 aliphatic rings. The highest BCUT2D eigenvalue weighted by Crippen LogP contribution is 2.43. The molecule has 7 heteroatoms. The van der Waals surface area contributed by atoms with E-state index in [1.807, 2.05) is 0 Å². The molecule has 1 aromatic carbocycles. The number of primary sulfonamides is 1. The molecule has 1 aromatic rings. The molecule has 0 atom stereocenters. The number of rotatable bonds is 4. The molecule has 3 N–H and O–H groups in total. The number of nitrogens with two attached hydrogens (primary N) is 1. The van der Waals surface area contributed by atoms with Gasteiger partial charge in [-0.15, -0.1) is 0 Å². The van der Waals surface area contributed by atoms with Gasteiger partial charge in [-0.05, 0) is 49.3 Å². The van der Waals surface area contributed by atoms with E-state index in [0.29, 0.717) is 12.0 Å². The molecule has 2 fully saturated rings. The van der Waals surface area contributed by atoms with Crippen LogP contribution in [-0.4, -0.2) is 38.9 Å². The third-order valence-corrected chi connectivity index (χ3v) is 6.58. The van der Waals surface area contributed by atoms with E-state index in [2.05, 4.69) is 17.1 Å². The normalized spacial score (nSPS) is 20.5. The second kappa shape index (κ2) is 7.96. The minimum absolute atomic E-state index is 0.135. The summed E-state index contributed by atoms with van der Waals surface area (Å²) in [5.74, 6) is 0.963. The molecular weight excluding hydrogens is 348 g/mol. The van der Waals surface area contributed by atoms with Crippen LogP contribution < -0.4 is 10.5 Å². The Morgan fingerprint density at radius 2 is 1.88 bits per heavy atom. The predicted molar refractivity (Wildman–Crippen MR) is 104 cm³/mol. The lowest BCUT2D eigenvalue weighted by Crippen LogP contribution is -2.41. The quantitative estimate of drug-likeness (QED) is 0.622. The maximum atomic E-state index is 11.4. The monoisotopic (exact) mass is 378 g/mol. The maximum absolute atomic E-state index is 11.4. The van der Waals surface area contributed by atoms with Gasteiger partial charge in [-0.25, -0.2) is 18.5 Å². The van der Waals surface area contributed by atoms with Crippen molar-refractivity contribution < 1.29 is 8.42 Å². The molecule has 0 unspecified atom stereocenters. The molecular formula is C19H30N4O2S. The lowest BCUT2D eigenvalue weighted by atomic mass is 9.73. The standard InChI is InChI=1S/C19H30N4O2S/c1-2-21-18(23-13-12-19(15-23)10-4-3-5-11-19)22-14-16-6-8-17(9-7-16)26(20,24)25/h6-9H,2-5,10-15H2,1H3,(H,21,22)(H2,20,24,25). The highest BCUT2D eigenvalue weighted by molar-refractivity contribution is 7.89. The van der Waals surface area contributed by atoms with Crippen LogP contribution in [0, 0.1) is 5.41 Å². The lowest BCUT2D eigenvalue weighted by molar-refractivity contribution is 0.203. The molecule has 0 aromatic heterocycles. The number of hydrogen-bond acceptors (Lipinski definition) is 3. The van der Waals surface area contributed by atoms with Crippen LogP contribution in [0.15, 0.2) is 34.2 Å². The van der Waals surface area contributed by atoms with Crippen molar-refractivity contribution in [2.24, 2.45) is 15.5 Å². The van der Waals surface area contributed by atoms with Crippen LogP contribution in [0.25, 0.3) is 0 Å². The van der Waals surface area contributed by atoms with Crippen LogP contribution in [0.3, 0.4) is 0 Å². The summed E-state index contributed by atoms with van der Waals surface area (Å²) in [5, 5.41) is 8.56. The molecule has 1 saturated heterocycles. The average molecular weight is 379 g/mol. The zero-order chi connectivity index (χ0) is 18.6. The zero-order valence-corrected chi connectivity index (χ0v) is 16.4. The molecule has 0 amide bonds. The zero-order valence-electron chi connectivity index (χ0n) is 15.6. The fourth-order valence-electron chi connectivity index (χ4n) is 4.20. The van der Waals surface area contributed by atoms with Gasteiger partial charge in [0.25, 0.3) is 0 Å². The Labute approximate surface area is 156 Å². The Morgan fingerprint density at radius 3 is 2.50 bits per heavy atom. The molecule has 1 saturated carbocycles. The number of nitrogens with zero attached hydrogens (tertiary/aromatic N) is 2. The fourth-order valence-corrected chi connectivity index (χ4v) is 4.72. The molecule has 3 rings (SSSR count). The van der Waals surface area contributed by atoms with Crippen molar-refractivity contribution in [3.05, 3.63) is 29.8 Å². The van der Waals surface area contributed by atoms with Crippen LogP contribution in [0.5, 0.6) is 0 Å². The van der Waals surface area contributed by atoms with E-state index in [1.165, 1.54) is 38.5 Å². The van der Waals surface area contributed by atoms with Gasteiger partial charge in [-0.2, -0.15) is 0 Å². The fraction of sp³-hybridized carbons (Fsp3) is 0.632. The van der Waals surface area contributed by atoms with Crippen LogP contribution in [0.2, 0.25) is 0 Å². The molecule has 0 bridgehead atoms. The van der Waals surface area contributed by atoms with Crippen LogP contribution >= 0.6 is 0 Å². The van der Waals surface area contributed by atoms with E-state index in [9.17, 15) is 8.42 Å². The van der Waals surface area contributed by atoms with Crippen molar-refractivity contribution in [3.8, 4) is 0 Å². The van der Waals surface area contributed by atoms with E-state index in [0.717, 1.165) is 31.2 Å². The molecule has 144 valence electrons. The SMILES string of the molecule is CCNC(=NCc1ccc(S(N)(=O)=O)cc1)N1CCC2(CCCCC2)C1. The second-order valence-corrected chi connectivity index (χ2v) is 9.15. The highest BCUT2D eigenvalue weighted by Gasteiger charge is 2.39. The van der Waals surface area contributed by atoms with Gasteiger partial charge in [0, 0.05) is 19.6 Å². The van der Waals surface area contributed by atoms with Gasteiger partial charge in [-0.3, -0.25) is 0 Å². The average Bonchev–Trinajstić information content (AvgIpc) is 3.02. The Balaban J connectivity index is 1.68. The largest absolute Gasteiger partial charge is 0.357 e. The number of likely N-dealkylation sites (tertiary alicyclic amines) is 1. The summed E-state index contributed by atoms with van der Waals surface area (Å²) in [4.78, 5) is 7.32. The van der Waals surface area contributed by atoms with Gasteiger partial charge in [0.2, 0.25) is 10.0 Å². The Bertz CT molecular complexity index is 737. The number of sulfonamides is 1. The Kier molecular flexibility index (Phi) is 5.87. The van der Waals surface area contributed by atoms with Crippen molar-refractivity contribution in [1.82, 2.24) is 10.2 Å². The lowest BCUT2D eigenvalue weighted by Gasteiger charge is -2.33. The Morgan fingerprint density at radius 1 is 1.19 bits per heavy atom. The van der Waals surface area contributed by atoms with Gasteiger partial charge in [0.1, 0.15) is 0 Å². The van der Waals surface area contributed by atoms with Crippen molar-refractivity contribution in [2.45, 2.75) is 56.9 Å². The number of nitrogens with one attached hydrogen (secondary N) is 1. The first-order valence-corrected chi connectivity index (χ1v) is 11.1. The molecule has 26 heavy (non-hydrogen) atoms. The second-order valence-electron chi connectivity index (χ2n) is 7.59. The van der Waals surface area contributed by atoms with E-state index in [1.54, 1.807) is 24.3 Å². The van der Waals surface area contributed by atoms with E-state index in [4.69, 9.17) is 10.1 Å².